The van der Waals surface area contributed by atoms with Crippen molar-refractivity contribution in [2.75, 3.05) is 62.2 Å². The number of rotatable bonds is 2. The number of nitrogens with zero attached hydrogens (tertiary/aromatic N) is 5. The molecule has 0 unspecified atom stereocenters. The number of nitriles is 1. The number of pyridine rings is 1. The van der Waals surface area contributed by atoms with Gasteiger partial charge in [-0.3, -0.25) is 4.40 Å². The van der Waals surface area contributed by atoms with Crippen LogP contribution in [0, 0.1) is 11.3 Å². The van der Waals surface area contributed by atoms with Crippen molar-refractivity contribution < 1.29 is 0 Å². The minimum absolute atomic E-state index is 0.680. The van der Waals surface area contributed by atoms with E-state index in [4.69, 9.17) is 4.98 Å². The quantitative estimate of drug-likeness (QED) is 0.414. The van der Waals surface area contributed by atoms with Gasteiger partial charge in [0.1, 0.15) is 11.6 Å². The molecule has 170 valence electrons. The van der Waals surface area contributed by atoms with E-state index in [1.54, 1.807) is 0 Å². The number of hydrogen-bond donors (Lipinski definition) is 2. The van der Waals surface area contributed by atoms with Crippen molar-refractivity contribution in [3.63, 3.8) is 0 Å². The van der Waals surface area contributed by atoms with Crippen molar-refractivity contribution >= 4 is 59.7 Å². The monoisotopic (exact) mass is 467 g/mol. The molecule has 7 rings (SSSR count). The molecular formula is C26H25N7S. The van der Waals surface area contributed by atoms with Gasteiger partial charge in [-0.2, -0.15) is 5.26 Å². The largest absolute Gasteiger partial charge is 0.369 e. The van der Waals surface area contributed by atoms with E-state index >= 15 is 0 Å². The van der Waals surface area contributed by atoms with Crippen molar-refractivity contribution in [2.45, 2.75) is 0 Å². The molecule has 2 saturated heterocycles. The number of thiophene rings is 1. The second-order valence-corrected chi connectivity index (χ2v) is 10.1. The van der Waals surface area contributed by atoms with Gasteiger partial charge >= 0.3 is 0 Å². The van der Waals surface area contributed by atoms with Crippen LogP contribution < -0.4 is 20.4 Å². The van der Waals surface area contributed by atoms with E-state index in [-0.39, 0.29) is 0 Å². The topological polar surface area (TPSA) is 71.6 Å². The summed E-state index contributed by atoms with van der Waals surface area (Å²) in [7, 11) is 0. The molecule has 0 amide bonds. The Labute approximate surface area is 201 Å². The van der Waals surface area contributed by atoms with Gasteiger partial charge in [0.2, 0.25) is 0 Å². The number of hydrogen-bond acceptors (Lipinski definition) is 7. The van der Waals surface area contributed by atoms with Crippen LogP contribution in [-0.2, 0) is 0 Å². The summed E-state index contributed by atoms with van der Waals surface area (Å²) in [5.74, 6) is 0. The van der Waals surface area contributed by atoms with E-state index in [9.17, 15) is 5.26 Å². The van der Waals surface area contributed by atoms with Gasteiger partial charge < -0.3 is 20.4 Å². The van der Waals surface area contributed by atoms with Crippen molar-refractivity contribution in [1.82, 2.24) is 20.0 Å². The number of fused-ring (bicyclic) bond motifs is 7. The normalized spacial score (nSPS) is 17.3. The lowest BCUT2D eigenvalue weighted by Crippen LogP contribution is -2.44. The predicted octanol–water partition coefficient (Wildman–Crippen LogP) is 3.55. The highest BCUT2D eigenvalue weighted by molar-refractivity contribution is 7.26. The van der Waals surface area contributed by atoms with Crippen LogP contribution in [0.3, 0.4) is 0 Å². The molecule has 0 spiro atoms. The summed E-state index contributed by atoms with van der Waals surface area (Å²) in [5.41, 5.74) is 6.91. The highest BCUT2D eigenvalue weighted by atomic mass is 32.1. The Hall–Kier alpha value is -3.38. The van der Waals surface area contributed by atoms with Crippen LogP contribution in [0.1, 0.15) is 5.56 Å². The summed E-state index contributed by atoms with van der Waals surface area (Å²) in [4.78, 5) is 9.79. The van der Waals surface area contributed by atoms with Crippen LogP contribution in [0.4, 0.5) is 11.4 Å². The zero-order chi connectivity index (χ0) is 22.6. The lowest BCUT2D eigenvalue weighted by atomic mass is 10.1. The number of para-hydroxylation sites is 2. The molecule has 7 nitrogen and oxygen atoms in total. The Bertz CT molecular complexity index is 1600. The fraction of sp³-hybridized carbons (Fsp3) is 0.308. The van der Waals surface area contributed by atoms with Crippen LogP contribution in [0.15, 0.2) is 42.5 Å². The van der Waals surface area contributed by atoms with Gasteiger partial charge in [0.15, 0.2) is 5.65 Å². The molecule has 0 atom stereocenters. The molecule has 3 aromatic heterocycles. The molecule has 5 aromatic rings. The van der Waals surface area contributed by atoms with Crippen molar-refractivity contribution in [3.05, 3.63) is 48.0 Å². The van der Waals surface area contributed by atoms with Gasteiger partial charge in [0.05, 0.1) is 26.9 Å². The Kier molecular flexibility index (Phi) is 4.62. The van der Waals surface area contributed by atoms with E-state index < -0.39 is 0 Å². The van der Waals surface area contributed by atoms with Gasteiger partial charge in [-0.25, -0.2) is 4.98 Å². The minimum Gasteiger partial charge on any atom is -0.369 e. The minimum atomic E-state index is 0.680. The Morgan fingerprint density at radius 1 is 0.912 bits per heavy atom. The average molecular weight is 468 g/mol. The van der Waals surface area contributed by atoms with Crippen LogP contribution in [0.25, 0.3) is 37.0 Å². The Morgan fingerprint density at radius 2 is 1.65 bits per heavy atom. The second kappa shape index (κ2) is 7.84. The maximum atomic E-state index is 10.4. The molecule has 2 fully saturated rings. The molecule has 5 heterocycles. The van der Waals surface area contributed by atoms with Gasteiger partial charge in [0.25, 0.3) is 0 Å². The van der Waals surface area contributed by atoms with E-state index in [1.807, 2.05) is 23.5 Å². The molecule has 2 aliphatic rings. The highest BCUT2D eigenvalue weighted by Gasteiger charge is 2.26. The molecular weight excluding hydrogens is 442 g/mol. The smallest absolute Gasteiger partial charge is 0.158 e. The number of nitrogens with one attached hydrogen (secondary N) is 2. The Morgan fingerprint density at radius 3 is 2.41 bits per heavy atom. The summed E-state index contributed by atoms with van der Waals surface area (Å²) in [6.07, 6.45) is 0. The first kappa shape index (κ1) is 20.0. The van der Waals surface area contributed by atoms with Crippen molar-refractivity contribution in [3.8, 4) is 6.07 Å². The van der Waals surface area contributed by atoms with Crippen LogP contribution in [0.2, 0.25) is 0 Å². The lowest BCUT2D eigenvalue weighted by Gasteiger charge is -2.30. The van der Waals surface area contributed by atoms with E-state index in [0.29, 0.717) is 5.56 Å². The van der Waals surface area contributed by atoms with E-state index in [0.717, 1.165) is 74.7 Å². The summed E-state index contributed by atoms with van der Waals surface area (Å²) in [6, 6.07) is 17.6. The fourth-order valence-electron chi connectivity index (χ4n) is 5.51. The van der Waals surface area contributed by atoms with Crippen LogP contribution in [-0.4, -0.2) is 61.7 Å². The van der Waals surface area contributed by atoms with Gasteiger partial charge in [-0.1, -0.05) is 12.1 Å². The number of benzene rings is 2. The average Bonchev–Trinajstić information content (AvgIpc) is 3.46. The predicted molar refractivity (Wildman–Crippen MR) is 140 cm³/mol. The third kappa shape index (κ3) is 2.91. The number of piperazine rings is 2. The Balaban J connectivity index is 1.59. The number of aromatic nitrogens is 2. The first-order valence-corrected chi connectivity index (χ1v) is 12.8. The molecule has 2 aromatic carbocycles. The van der Waals surface area contributed by atoms with Crippen LogP contribution >= 0.6 is 11.3 Å². The summed E-state index contributed by atoms with van der Waals surface area (Å²) >= 11 is 1.81. The molecule has 0 radical (unpaired) electrons. The third-order valence-corrected chi connectivity index (χ3v) is 8.28. The molecule has 2 N–H and O–H groups in total. The zero-order valence-corrected chi connectivity index (χ0v) is 19.7. The summed E-state index contributed by atoms with van der Waals surface area (Å²) in [6.45, 7) is 7.71. The molecule has 0 aliphatic carbocycles. The highest BCUT2D eigenvalue weighted by Crippen LogP contribution is 2.45. The molecule has 34 heavy (non-hydrogen) atoms. The third-order valence-electron chi connectivity index (χ3n) is 7.13. The first-order chi connectivity index (χ1) is 16.8. The second-order valence-electron chi connectivity index (χ2n) is 9.03. The SMILES string of the molecule is N#Cc1c(N2CCNCC2)c2sc3cc(N4CCNCC4)ccc3c2n2c1nc1ccccc12. The molecule has 8 heteroatoms. The van der Waals surface area contributed by atoms with Crippen LogP contribution in [0.5, 0.6) is 0 Å². The number of anilines is 2. The summed E-state index contributed by atoms with van der Waals surface area (Å²) < 4.78 is 4.66. The first-order valence-electron chi connectivity index (χ1n) is 11.9. The summed E-state index contributed by atoms with van der Waals surface area (Å²) in [5, 5.41) is 18.5. The number of imidazole rings is 1. The molecule has 0 saturated carbocycles. The standard InChI is InChI=1S/C26H25N7S/c27-16-19-23(32-13-9-29-10-14-32)25-24(33-21-4-2-1-3-20(21)30-26(19)33)18-6-5-17(15-22(18)34-25)31-11-7-28-8-12-31/h1-6,15,28-29H,7-14H2. The maximum Gasteiger partial charge on any atom is 0.158 e. The van der Waals surface area contributed by atoms with Crippen molar-refractivity contribution in [1.29, 1.82) is 5.26 Å². The van der Waals surface area contributed by atoms with Gasteiger partial charge in [-0.05, 0) is 30.3 Å². The lowest BCUT2D eigenvalue weighted by molar-refractivity contribution is 0.589. The zero-order valence-electron chi connectivity index (χ0n) is 18.8. The molecule has 2 aliphatic heterocycles. The maximum absolute atomic E-state index is 10.4. The van der Waals surface area contributed by atoms with Crippen molar-refractivity contribution in [2.24, 2.45) is 0 Å². The molecule has 0 bridgehead atoms. The van der Waals surface area contributed by atoms with E-state index in [1.165, 1.54) is 26.0 Å². The fourth-order valence-corrected chi connectivity index (χ4v) is 6.81. The van der Waals surface area contributed by atoms with Gasteiger partial charge in [-0.15, -0.1) is 11.3 Å². The van der Waals surface area contributed by atoms with E-state index in [2.05, 4.69) is 61.2 Å². The van der Waals surface area contributed by atoms with Gasteiger partial charge in [0, 0.05) is 68.1 Å².